The molecule has 1 saturated heterocycles. The molecule has 1 aliphatic rings. The minimum Gasteiger partial charge on any atom is -0.409 e. The van der Waals surface area contributed by atoms with Crippen molar-refractivity contribution in [2.45, 2.75) is 44.0 Å². The Labute approximate surface area is 124 Å². The van der Waals surface area contributed by atoms with E-state index in [9.17, 15) is 8.42 Å². The molecule has 0 bridgehead atoms. The van der Waals surface area contributed by atoms with Gasteiger partial charge in [0.15, 0.2) is 5.84 Å². The number of sulfonamides is 1. The van der Waals surface area contributed by atoms with Gasteiger partial charge in [0, 0.05) is 13.6 Å². The van der Waals surface area contributed by atoms with Crippen LogP contribution in [0.1, 0.15) is 30.7 Å². The lowest BCUT2D eigenvalue weighted by Gasteiger charge is -2.33. The topological polar surface area (TPSA) is 114 Å². The molecule has 9 heteroatoms. The molecule has 8 nitrogen and oxygen atoms in total. The second kappa shape index (κ2) is 5.64. The largest absolute Gasteiger partial charge is 0.409 e. The predicted octanol–water partition coefficient (Wildman–Crippen LogP) is 0.327. The summed E-state index contributed by atoms with van der Waals surface area (Å²) in [5.74, 6) is -0.0718. The zero-order chi connectivity index (χ0) is 15.8. The van der Waals surface area contributed by atoms with Crippen LogP contribution in [0.3, 0.4) is 0 Å². The van der Waals surface area contributed by atoms with Crippen LogP contribution in [0.5, 0.6) is 0 Å². The number of nitrogens with two attached hydrogens (primary N) is 1. The smallest absolute Gasteiger partial charge is 0.247 e. The number of nitrogens with zero attached hydrogens (tertiary/aromatic N) is 4. The Bertz CT molecular complexity index is 665. The second-order valence-corrected chi connectivity index (χ2v) is 7.10. The van der Waals surface area contributed by atoms with Gasteiger partial charge in [-0.2, -0.15) is 9.40 Å². The van der Waals surface area contributed by atoms with Crippen molar-refractivity contribution in [3.8, 4) is 0 Å². The quantitative estimate of drug-likeness (QED) is 0.361. The molecule has 0 spiro atoms. The van der Waals surface area contributed by atoms with E-state index in [1.165, 1.54) is 4.31 Å². The van der Waals surface area contributed by atoms with Crippen molar-refractivity contribution in [2.75, 3.05) is 6.54 Å². The van der Waals surface area contributed by atoms with Gasteiger partial charge in [-0.25, -0.2) is 8.42 Å². The first kappa shape index (κ1) is 15.8. The summed E-state index contributed by atoms with van der Waals surface area (Å²) in [6, 6.07) is -0.604. The summed E-state index contributed by atoms with van der Waals surface area (Å²) in [5.41, 5.74) is 6.70. The monoisotopic (exact) mass is 315 g/mol. The van der Waals surface area contributed by atoms with E-state index in [1.807, 2.05) is 0 Å². The van der Waals surface area contributed by atoms with Gasteiger partial charge in [0.25, 0.3) is 0 Å². The molecule has 1 aromatic rings. The third kappa shape index (κ3) is 2.62. The molecule has 21 heavy (non-hydrogen) atoms. The predicted molar refractivity (Wildman–Crippen MR) is 77.6 cm³/mol. The Morgan fingerprint density at radius 1 is 1.43 bits per heavy atom. The first-order chi connectivity index (χ1) is 9.80. The van der Waals surface area contributed by atoms with Gasteiger partial charge in [0.2, 0.25) is 10.0 Å². The second-order valence-electron chi connectivity index (χ2n) is 5.28. The number of rotatable bonds is 3. The van der Waals surface area contributed by atoms with Gasteiger partial charge < -0.3 is 10.9 Å². The van der Waals surface area contributed by atoms with Gasteiger partial charge in [-0.3, -0.25) is 4.68 Å². The van der Waals surface area contributed by atoms with E-state index in [0.29, 0.717) is 24.4 Å². The maximum absolute atomic E-state index is 13.0. The van der Waals surface area contributed by atoms with E-state index in [-0.39, 0.29) is 10.7 Å². The molecule has 118 valence electrons. The molecule has 0 aromatic carbocycles. The van der Waals surface area contributed by atoms with E-state index < -0.39 is 16.1 Å². The Hall–Kier alpha value is -1.61. The van der Waals surface area contributed by atoms with E-state index in [0.717, 1.165) is 12.8 Å². The van der Waals surface area contributed by atoms with Crippen molar-refractivity contribution in [1.29, 1.82) is 0 Å². The van der Waals surface area contributed by atoms with Crippen LogP contribution in [-0.4, -0.2) is 46.1 Å². The molecule has 2 rings (SSSR count). The van der Waals surface area contributed by atoms with Crippen LogP contribution in [0.15, 0.2) is 10.1 Å². The van der Waals surface area contributed by atoms with Gasteiger partial charge in [-0.05, 0) is 26.7 Å². The molecule has 1 aromatic heterocycles. The van der Waals surface area contributed by atoms with Crippen LogP contribution in [0.2, 0.25) is 0 Å². The summed E-state index contributed by atoms with van der Waals surface area (Å²) in [5, 5.41) is 16.0. The third-order valence-corrected chi connectivity index (χ3v) is 6.08. The van der Waals surface area contributed by atoms with Gasteiger partial charge in [-0.15, -0.1) is 0 Å². The SMILES string of the molecule is Cc1nn(C)c(C)c1S(=O)(=O)N1CCCCC1C(N)=NO. The van der Waals surface area contributed by atoms with Crippen LogP contribution in [0, 0.1) is 13.8 Å². The maximum atomic E-state index is 13.0. The molecule has 1 fully saturated rings. The van der Waals surface area contributed by atoms with Crippen molar-refractivity contribution in [2.24, 2.45) is 17.9 Å². The molecule has 0 radical (unpaired) electrons. The number of aromatic nitrogens is 2. The minimum atomic E-state index is -3.73. The van der Waals surface area contributed by atoms with Crippen molar-refractivity contribution in [3.63, 3.8) is 0 Å². The molecule has 0 aliphatic carbocycles. The highest BCUT2D eigenvalue weighted by Crippen LogP contribution is 2.28. The fourth-order valence-corrected chi connectivity index (χ4v) is 4.87. The van der Waals surface area contributed by atoms with E-state index in [4.69, 9.17) is 10.9 Å². The van der Waals surface area contributed by atoms with Crippen LogP contribution < -0.4 is 5.73 Å². The minimum absolute atomic E-state index is 0.0718. The van der Waals surface area contributed by atoms with Crippen molar-refractivity contribution in [3.05, 3.63) is 11.4 Å². The standard InChI is InChI=1S/C12H21N5O3S/c1-8-11(9(2)16(3)14-8)21(19,20)17-7-5-4-6-10(17)12(13)15-18/h10,18H,4-7H2,1-3H3,(H2,13,15). The average Bonchev–Trinajstić information content (AvgIpc) is 2.71. The number of hydrogen-bond acceptors (Lipinski definition) is 5. The molecule has 1 atom stereocenters. The highest BCUT2D eigenvalue weighted by Gasteiger charge is 2.38. The van der Waals surface area contributed by atoms with Crippen molar-refractivity contribution in [1.82, 2.24) is 14.1 Å². The van der Waals surface area contributed by atoms with Gasteiger partial charge >= 0.3 is 0 Å². The number of aryl methyl sites for hydroxylation is 2. The first-order valence-corrected chi connectivity index (χ1v) is 8.24. The lowest BCUT2D eigenvalue weighted by molar-refractivity contribution is 0.281. The molecule has 1 unspecified atom stereocenters. The lowest BCUT2D eigenvalue weighted by atomic mass is 10.0. The van der Waals surface area contributed by atoms with E-state index >= 15 is 0 Å². The van der Waals surface area contributed by atoms with Gasteiger partial charge in [-0.1, -0.05) is 11.6 Å². The van der Waals surface area contributed by atoms with E-state index in [2.05, 4.69) is 10.3 Å². The summed E-state index contributed by atoms with van der Waals surface area (Å²) in [6.07, 6.45) is 2.15. The molecule has 3 N–H and O–H groups in total. The molecule has 2 heterocycles. The molecule has 0 amide bonds. The summed E-state index contributed by atoms with van der Waals surface area (Å²) >= 11 is 0. The van der Waals surface area contributed by atoms with E-state index in [1.54, 1.807) is 25.6 Å². The first-order valence-electron chi connectivity index (χ1n) is 6.80. The number of piperidine rings is 1. The Kier molecular flexibility index (Phi) is 4.24. The van der Waals surface area contributed by atoms with Gasteiger partial charge in [0.1, 0.15) is 4.90 Å². The fourth-order valence-electron chi connectivity index (χ4n) is 2.80. The Morgan fingerprint density at radius 2 is 2.10 bits per heavy atom. The van der Waals surface area contributed by atoms with Crippen molar-refractivity contribution >= 4 is 15.9 Å². The molecule has 1 aliphatic heterocycles. The highest BCUT2D eigenvalue weighted by molar-refractivity contribution is 7.89. The van der Waals surface area contributed by atoms with Crippen LogP contribution >= 0.6 is 0 Å². The third-order valence-electron chi connectivity index (χ3n) is 3.92. The number of oxime groups is 1. The van der Waals surface area contributed by atoms with Crippen molar-refractivity contribution < 1.29 is 13.6 Å². The normalized spacial score (nSPS) is 21.7. The zero-order valence-electron chi connectivity index (χ0n) is 12.4. The van der Waals surface area contributed by atoms with Gasteiger partial charge in [0.05, 0.1) is 17.4 Å². The fraction of sp³-hybridized carbons (Fsp3) is 0.667. The summed E-state index contributed by atoms with van der Waals surface area (Å²) in [4.78, 5) is 0.211. The lowest BCUT2D eigenvalue weighted by Crippen LogP contribution is -2.50. The van der Waals surface area contributed by atoms with Crippen LogP contribution in [0.25, 0.3) is 0 Å². The summed E-state index contributed by atoms with van der Waals surface area (Å²) < 4.78 is 28.8. The molecule has 0 saturated carbocycles. The summed E-state index contributed by atoms with van der Waals surface area (Å²) in [6.45, 7) is 3.74. The Balaban J connectivity index is 2.51. The molecular formula is C12H21N5O3S. The number of amidine groups is 1. The maximum Gasteiger partial charge on any atom is 0.247 e. The number of hydrogen-bond donors (Lipinski definition) is 2. The summed E-state index contributed by atoms with van der Waals surface area (Å²) in [7, 11) is -2.02. The highest BCUT2D eigenvalue weighted by atomic mass is 32.2. The van der Waals surface area contributed by atoms with Crippen LogP contribution in [-0.2, 0) is 17.1 Å². The molecular weight excluding hydrogens is 294 g/mol. The average molecular weight is 315 g/mol. The van der Waals surface area contributed by atoms with Crippen LogP contribution in [0.4, 0.5) is 0 Å². The zero-order valence-corrected chi connectivity index (χ0v) is 13.3. The Morgan fingerprint density at radius 3 is 2.62 bits per heavy atom.